The number of carbonyl (C=O) groups is 1. The van der Waals surface area contributed by atoms with E-state index >= 15 is 0 Å². The molecular formula is C20H36N4O. The lowest BCUT2D eigenvalue weighted by Crippen LogP contribution is -2.55. The number of amides is 2. The van der Waals surface area contributed by atoms with Crippen LogP contribution in [-0.4, -0.2) is 65.2 Å². The van der Waals surface area contributed by atoms with Crippen LogP contribution in [0.2, 0.25) is 0 Å². The van der Waals surface area contributed by atoms with Crippen LogP contribution in [0.15, 0.2) is 0 Å². The topological polar surface area (TPSA) is 47.6 Å². The van der Waals surface area contributed by atoms with Crippen molar-refractivity contribution in [1.82, 2.24) is 20.4 Å². The summed E-state index contributed by atoms with van der Waals surface area (Å²) in [4.78, 5) is 17.0. The summed E-state index contributed by atoms with van der Waals surface area (Å²) in [6.45, 7) is 10.2. The van der Waals surface area contributed by atoms with Gasteiger partial charge in [0.15, 0.2) is 0 Å². The highest BCUT2D eigenvalue weighted by molar-refractivity contribution is 5.77. The fraction of sp³-hybridized carbons (Fsp3) is 0.950. The molecule has 4 aliphatic rings. The van der Waals surface area contributed by atoms with Crippen molar-refractivity contribution in [3.05, 3.63) is 0 Å². The van der Waals surface area contributed by atoms with Gasteiger partial charge in [-0.05, 0) is 71.6 Å². The number of likely N-dealkylation sites (tertiary alicyclic amines) is 1. The van der Waals surface area contributed by atoms with Crippen molar-refractivity contribution >= 4 is 6.03 Å². The number of fused-ring (bicyclic) bond motifs is 2. The lowest BCUT2D eigenvalue weighted by molar-refractivity contribution is 0.0372. The van der Waals surface area contributed by atoms with Crippen molar-refractivity contribution in [3.8, 4) is 0 Å². The summed E-state index contributed by atoms with van der Waals surface area (Å²) in [5, 5.41) is 6.12. The minimum atomic E-state index is 0.0215. The first-order chi connectivity index (χ1) is 12.0. The molecule has 0 saturated carbocycles. The Labute approximate surface area is 152 Å². The van der Waals surface area contributed by atoms with Crippen LogP contribution in [0, 0.1) is 5.92 Å². The van der Waals surface area contributed by atoms with Crippen molar-refractivity contribution in [1.29, 1.82) is 0 Å². The van der Waals surface area contributed by atoms with Crippen molar-refractivity contribution < 1.29 is 4.79 Å². The predicted octanol–water partition coefficient (Wildman–Crippen LogP) is 2.56. The molecule has 5 nitrogen and oxygen atoms in total. The molecule has 4 fully saturated rings. The zero-order valence-corrected chi connectivity index (χ0v) is 16.3. The Morgan fingerprint density at radius 1 is 1.12 bits per heavy atom. The van der Waals surface area contributed by atoms with Gasteiger partial charge < -0.3 is 15.5 Å². The second kappa shape index (κ2) is 6.73. The van der Waals surface area contributed by atoms with Gasteiger partial charge in [-0.2, -0.15) is 0 Å². The molecule has 0 aromatic carbocycles. The number of nitrogens with zero attached hydrogens (tertiary/aromatic N) is 2. The second-order valence-corrected chi connectivity index (χ2v) is 9.39. The number of carbonyl (C=O) groups excluding carboxylic acids is 1. The average Bonchev–Trinajstić information content (AvgIpc) is 3.10. The molecule has 0 radical (unpaired) electrons. The van der Waals surface area contributed by atoms with E-state index in [0.29, 0.717) is 12.1 Å². The first kappa shape index (κ1) is 17.6. The van der Waals surface area contributed by atoms with Crippen molar-refractivity contribution in [2.24, 2.45) is 5.92 Å². The van der Waals surface area contributed by atoms with Crippen LogP contribution in [0.1, 0.15) is 65.7 Å². The first-order valence-electron chi connectivity index (χ1n) is 10.5. The number of piperidine rings is 2. The van der Waals surface area contributed by atoms with E-state index in [9.17, 15) is 4.79 Å². The Morgan fingerprint density at radius 2 is 1.84 bits per heavy atom. The van der Waals surface area contributed by atoms with E-state index in [1.54, 1.807) is 0 Å². The smallest absolute Gasteiger partial charge is 0.315 e. The van der Waals surface area contributed by atoms with Crippen LogP contribution in [0.25, 0.3) is 0 Å². The van der Waals surface area contributed by atoms with Crippen molar-refractivity contribution in [2.75, 3.05) is 19.6 Å². The Balaban J connectivity index is 1.32. The van der Waals surface area contributed by atoms with Gasteiger partial charge in [0.1, 0.15) is 0 Å². The van der Waals surface area contributed by atoms with E-state index in [-0.39, 0.29) is 11.6 Å². The highest BCUT2D eigenvalue weighted by Crippen LogP contribution is 2.42. The molecule has 4 unspecified atom stereocenters. The maximum atomic E-state index is 11.5. The van der Waals surface area contributed by atoms with Gasteiger partial charge in [-0.3, -0.25) is 4.90 Å². The monoisotopic (exact) mass is 348 g/mol. The molecule has 4 heterocycles. The van der Waals surface area contributed by atoms with Crippen LogP contribution < -0.4 is 10.6 Å². The van der Waals surface area contributed by atoms with E-state index in [1.807, 2.05) is 0 Å². The largest absolute Gasteiger partial charge is 0.336 e. The van der Waals surface area contributed by atoms with Gasteiger partial charge in [-0.15, -0.1) is 0 Å². The standard InChI is InChI=1S/C20H36N4O/c1-14(2)24-17-5-4-16(18(24)7-6-17)12-15(3)23-10-8-20(9-11-23)13-21-19(25)22-20/h14-18H,4-13H2,1-3H3,(H2,21,22,25). The van der Waals surface area contributed by atoms with E-state index in [2.05, 4.69) is 41.2 Å². The molecule has 1 spiro atoms. The molecule has 142 valence electrons. The van der Waals surface area contributed by atoms with Gasteiger partial charge in [-0.1, -0.05) is 0 Å². The third-order valence-corrected chi connectivity index (χ3v) is 7.60. The van der Waals surface area contributed by atoms with Crippen LogP contribution >= 0.6 is 0 Å². The van der Waals surface area contributed by atoms with E-state index < -0.39 is 0 Å². The number of hydrogen-bond donors (Lipinski definition) is 2. The van der Waals surface area contributed by atoms with Crippen molar-refractivity contribution in [2.45, 2.75) is 95.4 Å². The maximum Gasteiger partial charge on any atom is 0.315 e. The number of nitrogens with one attached hydrogen (secondary N) is 2. The third-order valence-electron chi connectivity index (χ3n) is 7.60. The maximum absolute atomic E-state index is 11.5. The molecule has 4 saturated heterocycles. The lowest BCUT2D eigenvalue weighted by atomic mass is 9.83. The molecule has 0 aromatic heterocycles. The zero-order valence-electron chi connectivity index (χ0n) is 16.3. The number of rotatable bonds is 4. The van der Waals surface area contributed by atoms with Gasteiger partial charge >= 0.3 is 6.03 Å². The second-order valence-electron chi connectivity index (χ2n) is 9.39. The van der Waals surface area contributed by atoms with Crippen LogP contribution in [-0.2, 0) is 0 Å². The van der Waals surface area contributed by atoms with E-state index in [0.717, 1.165) is 50.5 Å². The van der Waals surface area contributed by atoms with E-state index in [1.165, 1.54) is 32.1 Å². The molecule has 4 atom stereocenters. The van der Waals surface area contributed by atoms with Crippen LogP contribution in [0.5, 0.6) is 0 Å². The molecule has 0 aliphatic carbocycles. The Hall–Kier alpha value is -0.810. The highest BCUT2D eigenvalue weighted by atomic mass is 16.2. The summed E-state index contributed by atoms with van der Waals surface area (Å²) in [5.41, 5.74) is 0.0330. The van der Waals surface area contributed by atoms with E-state index in [4.69, 9.17) is 0 Å². The van der Waals surface area contributed by atoms with Gasteiger partial charge in [0.05, 0.1) is 5.54 Å². The fourth-order valence-electron chi connectivity index (χ4n) is 6.24. The molecule has 0 aromatic rings. The Morgan fingerprint density at radius 3 is 2.48 bits per heavy atom. The summed E-state index contributed by atoms with van der Waals surface area (Å²) in [6.07, 6.45) is 9.20. The average molecular weight is 349 g/mol. The quantitative estimate of drug-likeness (QED) is 0.821. The minimum absolute atomic E-state index is 0.0215. The Bertz CT molecular complexity index is 500. The molecule has 2 bridgehead atoms. The first-order valence-corrected chi connectivity index (χ1v) is 10.5. The summed E-state index contributed by atoms with van der Waals surface area (Å²) in [7, 11) is 0. The van der Waals surface area contributed by atoms with Gasteiger partial charge in [0.2, 0.25) is 0 Å². The molecule has 5 heteroatoms. The summed E-state index contributed by atoms with van der Waals surface area (Å²) in [6, 6.07) is 3.08. The molecule has 25 heavy (non-hydrogen) atoms. The van der Waals surface area contributed by atoms with Crippen molar-refractivity contribution in [3.63, 3.8) is 0 Å². The number of hydrogen-bond acceptors (Lipinski definition) is 3. The molecule has 2 N–H and O–H groups in total. The summed E-state index contributed by atoms with van der Waals surface area (Å²) >= 11 is 0. The SMILES string of the molecule is CC(CC1CCC2CCC1N2C(C)C)N1CCC2(CC1)CNC(=O)N2. The fourth-order valence-corrected chi connectivity index (χ4v) is 6.24. The lowest BCUT2D eigenvalue weighted by Gasteiger charge is -2.46. The zero-order chi connectivity index (χ0) is 17.6. The number of urea groups is 1. The third kappa shape index (κ3) is 3.30. The Kier molecular flexibility index (Phi) is 4.74. The van der Waals surface area contributed by atoms with Gasteiger partial charge in [0, 0.05) is 43.8 Å². The van der Waals surface area contributed by atoms with Gasteiger partial charge in [0.25, 0.3) is 0 Å². The molecule has 2 amide bonds. The molecule has 4 aliphatic heterocycles. The van der Waals surface area contributed by atoms with Crippen LogP contribution in [0.3, 0.4) is 0 Å². The van der Waals surface area contributed by atoms with Crippen LogP contribution in [0.4, 0.5) is 4.79 Å². The normalized spacial score (nSPS) is 36.6. The summed E-state index contributed by atoms with van der Waals surface area (Å²) in [5.74, 6) is 0.875. The van der Waals surface area contributed by atoms with Gasteiger partial charge in [-0.25, -0.2) is 4.79 Å². The summed E-state index contributed by atoms with van der Waals surface area (Å²) < 4.78 is 0. The predicted molar refractivity (Wildman–Crippen MR) is 101 cm³/mol. The molecule has 4 rings (SSSR count). The molecular weight excluding hydrogens is 312 g/mol. The highest BCUT2D eigenvalue weighted by Gasteiger charge is 2.45. The minimum Gasteiger partial charge on any atom is -0.336 e.